The zero-order valence-electron chi connectivity index (χ0n) is 23.8. The van der Waals surface area contributed by atoms with E-state index in [9.17, 15) is 14.4 Å². The van der Waals surface area contributed by atoms with E-state index in [-0.39, 0.29) is 11.8 Å². The molecule has 2 unspecified atom stereocenters. The zero-order chi connectivity index (χ0) is 26.6. The molecule has 0 aliphatic rings. The molecule has 7 heteroatoms. The SMILES string of the molecule is CCCCCCCCCCCCCCCOC(=O)C(C)N(C)C(=O)C(C)N(C)C(=O)OCC(C)C. The smallest absolute Gasteiger partial charge is 0.410 e. The average molecular weight is 499 g/mol. The van der Waals surface area contributed by atoms with Crippen LogP contribution in [0.4, 0.5) is 4.79 Å². The number of nitrogens with zero attached hydrogens (tertiary/aromatic N) is 2. The van der Waals surface area contributed by atoms with Crippen molar-refractivity contribution in [3.05, 3.63) is 0 Å². The molecule has 206 valence electrons. The Balaban J connectivity index is 3.98. The van der Waals surface area contributed by atoms with Crippen molar-refractivity contribution < 1.29 is 23.9 Å². The number of hydrogen-bond donors (Lipinski definition) is 0. The first-order valence-electron chi connectivity index (χ1n) is 14.0. The summed E-state index contributed by atoms with van der Waals surface area (Å²) in [4.78, 5) is 39.8. The highest BCUT2D eigenvalue weighted by Crippen LogP contribution is 2.13. The van der Waals surface area contributed by atoms with Crippen LogP contribution in [0.2, 0.25) is 0 Å². The molecule has 0 aromatic heterocycles. The van der Waals surface area contributed by atoms with Crippen molar-refractivity contribution in [3.8, 4) is 0 Å². The van der Waals surface area contributed by atoms with Gasteiger partial charge in [0.2, 0.25) is 5.91 Å². The second kappa shape index (κ2) is 20.4. The zero-order valence-corrected chi connectivity index (χ0v) is 23.8. The molecule has 2 atom stereocenters. The van der Waals surface area contributed by atoms with Gasteiger partial charge in [0.1, 0.15) is 12.1 Å². The molecule has 2 amide bonds. The molecular weight excluding hydrogens is 444 g/mol. The lowest BCUT2D eigenvalue weighted by atomic mass is 10.0. The van der Waals surface area contributed by atoms with Crippen molar-refractivity contribution in [1.82, 2.24) is 9.80 Å². The third kappa shape index (κ3) is 15.7. The second-order valence-electron chi connectivity index (χ2n) is 10.3. The molecule has 0 saturated carbocycles. The number of rotatable bonds is 20. The van der Waals surface area contributed by atoms with Crippen LogP contribution in [0.15, 0.2) is 0 Å². The first-order valence-corrected chi connectivity index (χ1v) is 14.0. The monoisotopic (exact) mass is 498 g/mol. The van der Waals surface area contributed by atoms with Crippen molar-refractivity contribution in [2.75, 3.05) is 27.3 Å². The molecule has 0 spiro atoms. The number of amides is 2. The highest BCUT2D eigenvalue weighted by Gasteiger charge is 2.31. The van der Waals surface area contributed by atoms with Crippen molar-refractivity contribution in [2.45, 2.75) is 130 Å². The second-order valence-corrected chi connectivity index (χ2v) is 10.3. The normalized spacial score (nSPS) is 12.8. The molecule has 0 aromatic carbocycles. The van der Waals surface area contributed by atoms with Crippen LogP contribution < -0.4 is 0 Å². The molecule has 0 heterocycles. The maximum absolute atomic E-state index is 12.7. The average Bonchev–Trinajstić information content (AvgIpc) is 2.84. The third-order valence-corrected chi connectivity index (χ3v) is 6.53. The summed E-state index contributed by atoms with van der Waals surface area (Å²) in [5.74, 6) is -0.540. The van der Waals surface area contributed by atoms with Crippen LogP contribution in [0.1, 0.15) is 118 Å². The Kier molecular flexibility index (Phi) is 19.4. The number of hydrogen-bond acceptors (Lipinski definition) is 5. The number of ether oxygens (including phenoxy) is 2. The lowest BCUT2D eigenvalue weighted by Crippen LogP contribution is -2.51. The van der Waals surface area contributed by atoms with E-state index in [2.05, 4.69) is 6.92 Å². The van der Waals surface area contributed by atoms with Gasteiger partial charge in [-0.1, -0.05) is 97.8 Å². The predicted octanol–water partition coefficient (Wildman–Crippen LogP) is 6.58. The van der Waals surface area contributed by atoms with E-state index < -0.39 is 24.1 Å². The largest absolute Gasteiger partial charge is 0.464 e. The summed E-state index contributed by atoms with van der Waals surface area (Å²) in [6, 6.07) is -1.46. The van der Waals surface area contributed by atoms with Gasteiger partial charge in [0.25, 0.3) is 0 Å². The van der Waals surface area contributed by atoms with Crippen molar-refractivity contribution in [2.24, 2.45) is 5.92 Å². The highest BCUT2D eigenvalue weighted by atomic mass is 16.6. The fourth-order valence-electron chi connectivity index (χ4n) is 3.72. The van der Waals surface area contributed by atoms with Crippen LogP contribution in [-0.4, -0.2) is 67.2 Å². The Morgan fingerprint density at radius 2 is 1.09 bits per heavy atom. The fraction of sp³-hybridized carbons (Fsp3) is 0.893. The molecule has 0 saturated heterocycles. The van der Waals surface area contributed by atoms with Gasteiger partial charge in [-0.25, -0.2) is 9.59 Å². The van der Waals surface area contributed by atoms with E-state index in [1.54, 1.807) is 20.9 Å². The van der Waals surface area contributed by atoms with Crippen LogP contribution in [0.25, 0.3) is 0 Å². The maximum Gasteiger partial charge on any atom is 0.410 e. The molecule has 0 N–H and O–H groups in total. The minimum absolute atomic E-state index is 0.214. The molecule has 0 aliphatic carbocycles. The summed E-state index contributed by atoms with van der Waals surface area (Å²) in [5, 5.41) is 0. The van der Waals surface area contributed by atoms with Gasteiger partial charge in [0, 0.05) is 14.1 Å². The number of unbranched alkanes of at least 4 members (excludes halogenated alkanes) is 12. The Bertz CT molecular complexity index is 582. The Morgan fingerprint density at radius 3 is 1.54 bits per heavy atom. The van der Waals surface area contributed by atoms with Crippen LogP contribution in [0.3, 0.4) is 0 Å². The molecule has 0 aliphatic heterocycles. The van der Waals surface area contributed by atoms with E-state index in [1.165, 1.54) is 87.5 Å². The van der Waals surface area contributed by atoms with Crippen molar-refractivity contribution in [3.63, 3.8) is 0 Å². The number of carbonyl (C=O) groups excluding carboxylic acids is 3. The molecule has 0 bridgehead atoms. The predicted molar refractivity (Wildman–Crippen MR) is 142 cm³/mol. The Morgan fingerprint density at radius 1 is 0.629 bits per heavy atom. The number of carbonyl (C=O) groups is 3. The van der Waals surface area contributed by atoms with Crippen LogP contribution in [0, 0.1) is 5.92 Å². The van der Waals surface area contributed by atoms with Crippen LogP contribution >= 0.6 is 0 Å². The Hall–Kier alpha value is -1.79. The van der Waals surface area contributed by atoms with E-state index in [4.69, 9.17) is 9.47 Å². The molecule has 0 rings (SSSR count). The number of esters is 1. The van der Waals surface area contributed by atoms with E-state index in [0.29, 0.717) is 13.2 Å². The van der Waals surface area contributed by atoms with E-state index in [1.807, 2.05) is 13.8 Å². The summed E-state index contributed by atoms with van der Waals surface area (Å²) in [5.41, 5.74) is 0. The quantitative estimate of drug-likeness (QED) is 0.140. The highest BCUT2D eigenvalue weighted by molar-refractivity contribution is 5.89. The first-order chi connectivity index (χ1) is 16.6. The third-order valence-electron chi connectivity index (χ3n) is 6.53. The summed E-state index contributed by atoms with van der Waals surface area (Å²) in [6.45, 7) is 10.1. The molecule has 0 radical (unpaired) electrons. The van der Waals surface area contributed by atoms with Gasteiger partial charge < -0.3 is 14.4 Å². The fourth-order valence-corrected chi connectivity index (χ4v) is 3.72. The van der Waals surface area contributed by atoms with Gasteiger partial charge in [-0.2, -0.15) is 0 Å². The number of likely N-dealkylation sites (N-methyl/N-ethyl adjacent to an activating group) is 2. The van der Waals surface area contributed by atoms with Gasteiger partial charge in [0.05, 0.1) is 13.2 Å². The van der Waals surface area contributed by atoms with Gasteiger partial charge in [-0.05, 0) is 26.2 Å². The van der Waals surface area contributed by atoms with Crippen LogP contribution in [0.5, 0.6) is 0 Å². The first kappa shape index (κ1) is 33.2. The van der Waals surface area contributed by atoms with Crippen molar-refractivity contribution >= 4 is 18.0 Å². The molecule has 0 aromatic rings. The summed E-state index contributed by atoms with van der Waals surface area (Å²) in [7, 11) is 3.08. The summed E-state index contributed by atoms with van der Waals surface area (Å²) >= 11 is 0. The van der Waals surface area contributed by atoms with E-state index >= 15 is 0 Å². The molecule has 7 nitrogen and oxygen atoms in total. The van der Waals surface area contributed by atoms with Gasteiger partial charge in [-0.3, -0.25) is 9.69 Å². The van der Waals surface area contributed by atoms with Gasteiger partial charge >= 0.3 is 12.1 Å². The Labute approximate surface area is 215 Å². The summed E-state index contributed by atoms with van der Waals surface area (Å²) < 4.78 is 10.6. The van der Waals surface area contributed by atoms with Gasteiger partial charge in [0.15, 0.2) is 0 Å². The maximum atomic E-state index is 12.7. The lowest BCUT2D eigenvalue weighted by molar-refractivity contribution is -0.154. The van der Waals surface area contributed by atoms with Crippen LogP contribution in [-0.2, 0) is 19.1 Å². The van der Waals surface area contributed by atoms with Crippen molar-refractivity contribution in [1.29, 1.82) is 0 Å². The minimum atomic E-state index is -0.740. The topological polar surface area (TPSA) is 76.2 Å². The summed E-state index contributed by atoms with van der Waals surface area (Å²) in [6.07, 6.45) is 15.9. The molecule has 0 fully saturated rings. The van der Waals surface area contributed by atoms with E-state index in [0.717, 1.165) is 12.8 Å². The molecule has 35 heavy (non-hydrogen) atoms. The van der Waals surface area contributed by atoms with Gasteiger partial charge in [-0.15, -0.1) is 0 Å². The minimum Gasteiger partial charge on any atom is -0.464 e. The lowest BCUT2D eigenvalue weighted by Gasteiger charge is -2.30. The standard InChI is InChI=1S/C28H54N2O5/c1-8-9-10-11-12-13-14-15-16-17-18-19-20-21-34-27(32)25(5)29(6)26(31)24(4)30(7)28(33)35-22-23(2)3/h23-25H,8-22H2,1-7H3. The molecular formula is C28H54N2O5.